The predicted octanol–water partition coefficient (Wildman–Crippen LogP) is 0.203. The number of carbonyl (C=O) groups is 1. The largest absolute Gasteiger partial charge is 0.426 e. The summed E-state index contributed by atoms with van der Waals surface area (Å²) in [5.74, 6) is -0.240. The zero-order valence-electron chi connectivity index (χ0n) is 9.27. The minimum Gasteiger partial charge on any atom is -0.321 e. The van der Waals surface area contributed by atoms with Crippen molar-refractivity contribution >= 4 is 11.6 Å². The average Bonchev–Trinajstić information content (AvgIpc) is 2.67. The Morgan fingerprint density at radius 2 is 2.12 bits per heavy atom. The summed E-state index contributed by atoms with van der Waals surface area (Å²) in [6.07, 6.45) is 1.18. The summed E-state index contributed by atoms with van der Waals surface area (Å²) < 4.78 is 5.70. The van der Waals surface area contributed by atoms with Gasteiger partial charge in [-0.05, 0) is 24.3 Å². The summed E-state index contributed by atoms with van der Waals surface area (Å²) in [6.45, 7) is 1.97. The number of benzene rings is 1. The Bertz CT molecular complexity index is 568. The molecule has 1 amide bonds. The molecular formula is C11H12N3O3+. The lowest BCUT2D eigenvalue weighted by molar-refractivity contribution is -0.750. The molecule has 88 valence electrons. The Labute approximate surface area is 96.8 Å². The number of nitrogens with zero attached hydrogens (tertiary/aromatic N) is 1. The minimum absolute atomic E-state index is 0.000381. The van der Waals surface area contributed by atoms with Gasteiger partial charge in [0.05, 0.1) is 0 Å². The maximum Gasteiger partial charge on any atom is 0.426 e. The number of hydrogen-bond donors (Lipinski definition) is 2. The number of nitrogens with one attached hydrogen (secondary N) is 2. The lowest BCUT2D eigenvalue weighted by atomic mass is 10.2. The second-order valence-corrected chi connectivity index (χ2v) is 3.68. The van der Waals surface area contributed by atoms with Crippen molar-refractivity contribution in [2.75, 3.05) is 5.32 Å². The van der Waals surface area contributed by atoms with Gasteiger partial charge in [0.25, 0.3) is 18.6 Å². The lowest BCUT2D eigenvalue weighted by Crippen LogP contribution is -2.41. The van der Waals surface area contributed by atoms with Crippen LogP contribution in [0.25, 0.3) is 0 Å². The molecule has 2 rings (SSSR count). The summed E-state index contributed by atoms with van der Waals surface area (Å²) in [6, 6.07) is 7.44. The van der Waals surface area contributed by atoms with Crippen LogP contribution in [0.15, 0.2) is 39.8 Å². The summed E-state index contributed by atoms with van der Waals surface area (Å²) in [5.41, 5.74) is 1.32. The Balaban J connectivity index is 1.97. The van der Waals surface area contributed by atoms with Crippen LogP contribution in [0.5, 0.6) is 0 Å². The van der Waals surface area contributed by atoms with Crippen LogP contribution in [0.1, 0.15) is 5.56 Å². The van der Waals surface area contributed by atoms with E-state index in [0.29, 0.717) is 5.69 Å². The molecule has 0 radical (unpaired) electrons. The third-order valence-electron chi connectivity index (χ3n) is 2.17. The maximum absolute atomic E-state index is 11.6. The van der Waals surface area contributed by atoms with Crippen molar-refractivity contribution in [3.63, 3.8) is 0 Å². The number of aromatic nitrogens is 2. The molecule has 0 aliphatic carbocycles. The van der Waals surface area contributed by atoms with Crippen LogP contribution in [-0.2, 0) is 11.3 Å². The molecule has 0 unspecified atom stereocenters. The van der Waals surface area contributed by atoms with Gasteiger partial charge in [0, 0.05) is 5.69 Å². The van der Waals surface area contributed by atoms with E-state index in [1.165, 1.54) is 10.9 Å². The Kier molecular flexibility index (Phi) is 3.04. The fraction of sp³-hybridized carbons (Fsp3) is 0.182. The van der Waals surface area contributed by atoms with Crippen LogP contribution >= 0.6 is 0 Å². The lowest BCUT2D eigenvalue weighted by Gasteiger charge is -2.01. The fourth-order valence-corrected chi connectivity index (χ4v) is 1.35. The highest BCUT2D eigenvalue weighted by Crippen LogP contribution is 2.07. The molecule has 0 fully saturated rings. The third-order valence-corrected chi connectivity index (χ3v) is 2.17. The summed E-state index contributed by atoms with van der Waals surface area (Å²) >= 11 is 0. The summed E-state index contributed by atoms with van der Waals surface area (Å²) in [7, 11) is 0. The molecule has 6 nitrogen and oxygen atoms in total. The molecule has 0 saturated carbocycles. The zero-order chi connectivity index (χ0) is 12.3. The van der Waals surface area contributed by atoms with Crippen molar-refractivity contribution < 1.29 is 14.0 Å². The van der Waals surface area contributed by atoms with Crippen molar-refractivity contribution in [1.82, 2.24) is 5.27 Å². The first kappa shape index (κ1) is 11.1. The number of carbonyl (C=O) groups excluding carboxylic acids is 1. The van der Waals surface area contributed by atoms with Crippen LogP contribution in [0.4, 0.5) is 5.69 Å². The summed E-state index contributed by atoms with van der Waals surface area (Å²) in [5, 5.41) is 5.00. The van der Waals surface area contributed by atoms with Gasteiger partial charge in [-0.25, -0.2) is 4.79 Å². The van der Waals surface area contributed by atoms with Crippen molar-refractivity contribution in [3.05, 3.63) is 46.4 Å². The second kappa shape index (κ2) is 4.65. The van der Waals surface area contributed by atoms with Gasteiger partial charge >= 0.3 is 5.63 Å². The van der Waals surface area contributed by atoms with Crippen LogP contribution in [0.3, 0.4) is 0 Å². The van der Waals surface area contributed by atoms with Gasteiger partial charge in [0.1, 0.15) is 0 Å². The molecular weight excluding hydrogens is 222 g/mol. The first-order valence-electron chi connectivity index (χ1n) is 5.08. The number of amides is 1. The third kappa shape index (κ3) is 3.04. The zero-order valence-corrected chi connectivity index (χ0v) is 9.27. The monoisotopic (exact) mass is 234 g/mol. The topological polar surface area (TPSA) is 79.0 Å². The quantitative estimate of drug-likeness (QED) is 0.745. The van der Waals surface area contributed by atoms with E-state index in [1.807, 2.05) is 31.2 Å². The highest BCUT2D eigenvalue weighted by atomic mass is 16.5. The van der Waals surface area contributed by atoms with E-state index in [-0.39, 0.29) is 12.5 Å². The molecule has 1 aromatic carbocycles. The maximum atomic E-state index is 11.6. The molecule has 1 heterocycles. The molecule has 17 heavy (non-hydrogen) atoms. The van der Waals surface area contributed by atoms with Crippen molar-refractivity contribution in [3.8, 4) is 0 Å². The van der Waals surface area contributed by atoms with Gasteiger partial charge < -0.3 is 5.32 Å². The van der Waals surface area contributed by atoms with Crippen LogP contribution in [0, 0.1) is 6.92 Å². The fourth-order valence-electron chi connectivity index (χ4n) is 1.35. The minimum atomic E-state index is -0.520. The van der Waals surface area contributed by atoms with Gasteiger partial charge in [-0.1, -0.05) is 22.4 Å². The summed E-state index contributed by atoms with van der Waals surface area (Å²) in [4.78, 5) is 22.3. The highest BCUT2D eigenvalue weighted by Gasteiger charge is 2.12. The molecule has 6 heteroatoms. The van der Waals surface area contributed by atoms with Crippen LogP contribution < -0.4 is 15.6 Å². The second-order valence-electron chi connectivity index (χ2n) is 3.68. The van der Waals surface area contributed by atoms with Gasteiger partial charge in [0.15, 0.2) is 0 Å². The number of anilines is 1. The van der Waals surface area contributed by atoms with Crippen molar-refractivity contribution in [2.45, 2.75) is 13.5 Å². The molecule has 0 bridgehead atoms. The van der Waals surface area contributed by atoms with E-state index in [4.69, 9.17) is 0 Å². The molecule has 2 aromatic rings. The van der Waals surface area contributed by atoms with E-state index in [9.17, 15) is 9.59 Å². The molecule has 0 aliphatic rings. The van der Waals surface area contributed by atoms with E-state index in [1.54, 1.807) is 0 Å². The van der Waals surface area contributed by atoms with Gasteiger partial charge in [-0.3, -0.25) is 9.32 Å². The van der Waals surface area contributed by atoms with Gasteiger partial charge in [-0.15, -0.1) is 0 Å². The van der Waals surface area contributed by atoms with Crippen LogP contribution in [0.2, 0.25) is 0 Å². The van der Waals surface area contributed by atoms with Crippen molar-refractivity contribution in [2.24, 2.45) is 0 Å². The highest BCUT2D eigenvalue weighted by molar-refractivity contribution is 5.89. The van der Waals surface area contributed by atoms with Gasteiger partial charge in [0.2, 0.25) is 0 Å². The number of rotatable bonds is 3. The predicted molar refractivity (Wildman–Crippen MR) is 59.3 cm³/mol. The normalized spacial score (nSPS) is 10.2. The standard InChI is InChI=1S/C11H11N3O3/c1-8-2-4-9(5-3-8)12-10(15)6-14-7-11(16)17-13-14/h2-5,7H,6H2,1H3,(H-,12,13,15,16)/p+1. The molecule has 0 spiro atoms. The van der Waals surface area contributed by atoms with Crippen molar-refractivity contribution in [1.29, 1.82) is 0 Å². The van der Waals surface area contributed by atoms with E-state index in [2.05, 4.69) is 15.1 Å². The van der Waals surface area contributed by atoms with Gasteiger partial charge in [-0.2, -0.15) is 0 Å². The molecule has 1 aromatic heterocycles. The van der Waals surface area contributed by atoms with E-state index < -0.39 is 5.63 Å². The molecule has 0 atom stereocenters. The number of H-pyrrole nitrogens is 1. The smallest absolute Gasteiger partial charge is 0.321 e. The first-order valence-corrected chi connectivity index (χ1v) is 5.08. The SMILES string of the molecule is Cc1ccc(NC(=O)C[n+]2cc(=O)o[nH]2)cc1. The number of aromatic amines is 1. The Morgan fingerprint density at radius 3 is 2.71 bits per heavy atom. The first-order chi connectivity index (χ1) is 8.13. The number of aryl methyl sites for hydroxylation is 1. The molecule has 0 saturated heterocycles. The van der Waals surface area contributed by atoms with Crippen LogP contribution in [-0.4, -0.2) is 11.2 Å². The molecule has 2 N–H and O–H groups in total. The average molecular weight is 234 g/mol. The Hall–Kier alpha value is -2.37. The van der Waals surface area contributed by atoms with E-state index >= 15 is 0 Å². The molecule has 0 aliphatic heterocycles. The number of hydrogen-bond acceptors (Lipinski definition) is 3. The Morgan fingerprint density at radius 1 is 1.41 bits per heavy atom. The van der Waals surface area contributed by atoms with E-state index in [0.717, 1.165) is 5.56 Å².